The van der Waals surface area contributed by atoms with Crippen molar-refractivity contribution in [3.63, 3.8) is 0 Å². The highest BCUT2D eigenvalue weighted by atomic mass is 16.5. The summed E-state index contributed by atoms with van der Waals surface area (Å²) in [6.45, 7) is 2.96. The maximum atomic E-state index is 5.50. The number of ether oxygens (including phenoxy) is 2. The van der Waals surface area contributed by atoms with Gasteiger partial charge < -0.3 is 14.8 Å². The van der Waals surface area contributed by atoms with E-state index in [0.717, 1.165) is 24.5 Å². The Morgan fingerprint density at radius 1 is 1.33 bits per heavy atom. The van der Waals surface area contributed by atoms with Crippen LogP contribution in [0.25, 0.3) is 0 Å². The summed E-state index contributed by atoms with van der Waals surface area (Å²) in [5.74, 6) is 0.885. The fourth-order valence-corrected chi connectivity index (χ4v) is 1.82. The second kappa shape index (κ2) is 4.53. The Bertz CT molecular complexity index is 310. The molecule has 82 valence electrons. The van der Waals surface area contributed by atoms with Crippen LogP contribution >= 0.6 is 0 Å². The maximum Gasteiger partial charge on any atom is 0.119 e. The van der Waals surface area contributed by atoms with Gasteiger partial charge in [-0.2, -0.15) is 0 Å². The minimum Gasteiger partial charge on any atom is -0.497 e. The highest BCUT2D eigenvalue weighted by Crippen LogP contribution is 2.20. The van der Waals surface area contributed by atoms with E-state index in [2.05, 4.69) is 12.2 Å². The molecule has 0 aliphatic carbocycles. The molecule has 2 atom stereocenters. The molecular formula is C12H17NO2. The molecule has 0 unspecified atom stereocenters. The van der Waals surface area contributed by atoms with Gasteiger partial charge in [-0.05, 0) is 37.6 Å². The number of hydrogen-bond donors (Lipinski definition) is 1. The van der Waals surface area contributed by atoms with Gasteiger partial charge in [-0.25, -0.2) is 0 Å². The van der Waals surface area contributed by atoms with Gasteiger partial charge in [0.25, 0.3) is 0 Å². The molecule has 0 aromatic heterocycles. The Hall–Kier alpha value is -1.22. The third kappa shape index (κ3) is 2.42. The van der Waals surface area contributed by atoms with Gasteiger partial charge in [0.1, 0.15) is 5.75 Å². The predicted octanol–water partition coefficient (Wildman–Crippen LogP) is 2.28. The Morgan fingerprint density at radius 3 is 2.60 bits per heavy atom. The highest BCUT2D eigenvalue weighted by molar-refractivity contribution is 5.47. The minimum absolute atomic E-state index is 0.298. The van der Waals surface area contributed by atoms with Crippen LogP contribution in [0, 0.1) is 0 Å². The molecule has 2 rings (SSSR count). The summed E-state index contributed by atoms with van der Waals surface area (Å²) in [6, 6.07) is 8.41. The molecule has 1 fully saturated rings. The number of rotatable bonds is 3. The third-order valence-corrected chi connectivity index (χ3v) is 2.82. The van der Waals surface area contributed by atoms with Gasteiger partial charge in [-0.15, -0.1) is 0 Å². The van der Waals surface area contributed by atoms with Crippen molar-refractivity contribution in [1.29, 1.82) is 0 Å². The molecule has 1 aliphatic heterocycles. The number of nitrogens with one attached hydrogen (secondary N) is 1. The van der Waals surface area contributed by atoms with Crippen molar-refractivity contribution in [2.75, 3.05) is 19.0 Å². The van der Waals surface area contributed by atoms with E-state index in [4.69, 9.17) is 9.47 Å². The summed E-state index contributed by atoms with van der Waals surface area (Å²) in [7, 11) is 1.68. The van der Waals surface area contributed by atoms with Gasteiger partial charge in [0.05, 0.1) is 19.3 Å². The van der Waals surface area contributed by atoms with Gasteiger partial charge in [0, 0.05) is 12.3 Å². The zero-order valence-electron chi connectivity index (χ0n) is 9.19. The predicted molar refractivity (Wildman–Crippen MR) is 60.4 cm³/mol. The fraction of sp³-hybridized carbons (Fsp3) is 0.500. The van der Waals surface area contributed by atoms with Crippen LogP contribution in [0.15, 0.2) is 24.3 Å². The van der Waals surface area contributed by atoms with Crippen molar-refractivity contribution in [2.45, 2.75) is 25.5 Å². The standard InChI is InChI=1S/C12H17NO2/c1-9-12(7-8-15-9)13-10-3-5-11(14-2)6-4-10/h3-6,9,12-13H,7-8H2,1-2H3/t9-,12+/m1/s1. The first-order valence-corrected chi connectivity index (χ1v) is 5.32. The van der Waals surface area contributed by atoms with Crippen LogP contribution in [0.5, 0.6) is 5.75 Å². The van der Waals surface area contributed by atoms with Crippen LogP contribution in [-0.2, 0) is 4.74 Å². The molecule has 0 saturated carbocycles. The molecule has 15 heavy (non-hydrogen) atoms. The summed E-state index contributed by atoms with van der Waals surface area (Å²) in [4.78, 5) is 0. The first-order valence-electron chi connectivity index (χ1n) is 5.32. The molecule has 3 nitrogen and oxygen atoms in total. The fourth-order valence-electron chi connectivity index (χ4n) is 1.82. The number of methoxy groups -OCH3 is 1. The zero-order valence-corrected chi connectivity index (χ0v) is 9.19. The number of hydrogen-bond acceptors (Lipinski definition) is 3. The molecule has 1 saturated heterocycles. The van der Waals surface area contributed by atoms with Crippen LogP contribution in [0.2, 0.25) is 0 Å². The van der Waals surface area contributed by atoms with E-state index >= 15 is 0 Å². The summed E-state index contributed by atoms with van der Waals surface area (Å²) in [5.41, 5.74) is 1.12. The van der Waals surface area contributed by atoms with E-state index in [1.165, 1.54) is 0 Å². The van der Waals surface area contributed by atoms with Crippen molar-refractivity contribution in [1.82, 2.24) is 0 Å². The van der Waals surface area contributed by atoms with E-state index < -0.39 is 0 Å². The molecule has 0 radical (unpaired) electrons. The van der Waals surface area contributed by atoms with Crippen LogP contribution in [-0.4, -0.2) is 25.9 Å². The molecule has 1 N–H and O–H groups in total. The molecule has 1 aromatic carbocycles. The number of benzene rings is 1. The number of anilines is 1. The largest absolute Gasteiger partial charge is 0.497 e. The maximum absolute atomic E-state index is 5.50. The second-order valence-electron chi connectivity index (χ2n) is 3.84. The molecular weight excluding hydrogens is 190 g/mol. The first kappa shape index (κ1) is 10.3. The average molecular weight is 207 g/mol. The van der Waals surface area contributed by atoms with E-state index in [1.54, 1.807) is 7.11 Å². The Balaban J connectivity index is 1.98. The van der Waals surface area contributed by atoms with Gasteiger partial charge in [-0.1, -0.05) is 0 Å². The molecule has 3 heteroatoms. The smallest absolute Gasteiger partial charge is 0.119 e. The van der Waals surface area contributed by atoms with E-state index in [9.17, 15) is 0 Å². The topological polar surface area (TPSA) is 30.5 Å². The van der Waals surface area contributed by atoms with Gasteiger partial charge in [-0.3, -0.25) is 0 Å². The van der Waals surface area contributed by atoms with Crippen LogP contribution < -0.4 is 10.1 Å². The van der Waals surface area contributed by atoms with Crippen LogP contribution in [0.1, 0.15) is 13.3 Å². The lowest BCUT2D eigenvalue weighted by molar-refractivity contribution is 0.121. The molecule has 0 bridgehead atoms. The van der Waals surface area contributed by atoms with Crippen molar-refractivity contribution in [3.05, 3.63) is 24.3 Å². The van der Waals surface area contributed by atoms with Gasteiger partial charge in [0.15, 0.2) is 0 Å². The first-order chi connectivity index (χ1) is 7.29. The van der Waals surface area contributed by atoms with Crippen molar-refractivity contribution >= 4 is 5.69 Å². The molecule has 0 amide bonds. The SMILES string of the molecule is COc1ccc(N[C@H]2CCO[C@@H]2C)cc1. The van der Waals surface area contributed by atoms with Crippen LogP contribution in [0.4, 0.5) is 5.69 Å². The van der Waals surface area contributed by atoms with Crippen molar-refractivity contribution < 1.29 is 9.47 Å². The van der Waals surface area contributed by atoms with E-state index in [1.807, 2.05) is 24.3 Å². The summed E-state index contributed by atoms with van der Waals surface area (Å²) in [5, 5.41) is 3.46. The highest BCUT2D eigenvalue weighted by Gasteiger charge is 2.23. The molecule has 1 aliphatic rings. The van der Waals surface area contributed by atoms with Crippen molar-refractivity contribution in [3.8, 4) is 5.75 Å². The third-order valence-electron chi connectivity index (χ3n) is 2.82. The zero-order chi connectivity index (χ0) is 10.7. The van der Waals surface area contributed by atoms with Crippen LogP contribution in [0.3, 0.4) is 0 Å². The quantitative estimate of drug-likeness (QED) is 0.824. The Morgan fingerprint density at radius 2 is 2.07 bits per heavy atom. The lowest BCUT2D eigenvalue weighted by atomic mass is 10.1. The lowest BCUT2D eigenvalue weighted by Gasteiger charge is -2.17. The van der Waals surface area contributed by atoms with E-state index in [0.29, 0.717) is 12.1 Å². The minimum atomic E-state index is 0.298. The summed E-state index contributed by atoms with van der Waals surface area (Å²) in [6.07, 6.45) is 1.37. The van der Waals surface area contributed by atoms with E-state index in [-0.39, 0.29) is 0 Å². The molecule has 1 aromatic rings. The summed E-state index contributed by atoms with van der Waals surface area (Å²) >= 11 is 0. The average Bonchev–Trinajstić information content (AvgIpc) is 2.66. The Labute approximate surface area is 90.4 Å². The van der Waals surface area contributed by atoms with Gasteiger partial charge >= 0.3 is 0 Å². The van der Waals surface area contributed by atoms with Crippen molar-refractivity contribution in [2.24, 2.45) is 0 Å². The lowest BCUT2D eigenvalue weighted by Crippen LogP contribution is -2.26. The molecule has 0 spiro atoms. The van der Waals surface area contributed by atoms with Gasteiger partial charge in [0.2, 0.25) is 0 Å². The Kier molecular flexibility index (Phi) is 3.11. The monoisotopic (exact) mass is 207 g/mol. The normalized spacial score (nSPS) is 25.2. The molecule has 1 heterocycles. The summed E-state index contributed by atoms with van der Waals surface area (Å²) < 4.78 is 10.6. The second-order valence-corrected chi connectivity index (χ2v) is 3.84.